The minimum atomic E-state index is -2.99. The van der Waals surface area contributed by atoms with Crippen LogP contribution >= 0.6 is 0 Å². The van der Waals surface area contributed by atoms with Crippen LogP contribution in [-0.2, 0) is 11.2 Å². The number of hydrogen-bond donors (Lipinski definition) is 0. The number of carbonyl (C=O) groups is 1. The lowest BCUT2D eigenvalue weighted by molar-refractivity contribution is -0.120. The average Bonchev–Trinajstić information content (AvgIpc) is 3.05. The average molecular weight is 404 g/mol. The Kier molecular flexibility index (Phi) is 5.17. The summed E-state index contributed by atoms with van der Waals surface area (Å²) in [4.78, 5) is 12.2. The summed E-state index contributed by atoms with van der Waals surface area (Å²) in [5.41, 5.74) is 2.99. The molecule has 0 spiro atoms. The predicted molar refractivity (Wildman–Crippen MR) is 102 cm³/mol. The summed E-state index contributed by atoms with van der Waals surface area (Å²) in [7, 11) is 1.39. The normalized spacial score (nSPS) is 17.1. The van der Waals surface area contributed by atoms with Gasteiger partial charge in [-0.3, -0.25) is 4.79 Å². The zero-order valence-corrected chi connectivity index (χ0v) is 16.3. The van der Waals surface area contributed by atoms with Gasteiger partial charge in [-0.1, -0.05) is 25.1 Å². The molecule has 0 aromatic heterocycles. The number of methoxy groups -OCH3 is 1. The van der Waals surface area contributed by atoms with E-state index in [1.807, 2.05) is 25.1 Å². The van der Waals surface area contributed by atoms with E-state index in [0.29, 0.717) is 49.5 Å². The highest BCUT2D eigenvalue weighted by atomic mass is 19.3. The van der Waals surface area contributed by atoms with Crippen LogP contribution in [0.3, 0.4) is 0 Å². The number of hydrogen-bond acceptors (Lipinski definition) is 5. The highest BCUT2D eigenvalue weighted by Gasteiger charge is 2.35. The van der Waals surface area contributed by atoms with Gasteiger partial charge in [0, 0.05) is 23.0 Å². The van der Waals surface area contributed by atoms with Crippen LogP contribution in [0, 0.1) is 5.41 Å². The molecule has 2 aliphatic rings. The fraction of sp³-hybridized carbons (Fsp3) is 0.409. The van der Waals surface area contributed by atoms with Crippen molar-refractivity contribution < 1.29 is 32.5 Å². The number of rotatable bonds is 7. The van der Waals surface area contributed by atoms with Crippen molar-refractivity contribution >= 4 is 5.78 Å². The molecule has 1 aliphatic heterocycles. The first-order valence-corrected chi connectivity index (χ1v) is 9.44. The third-order valence-electron chi connectivity index (χ3n) is 5.33. The third kappa shape index (κ3) is 3.67. The Bertz CT molecular complexity index is 937. The molecule has 1 aliphatic carbocycles. The molecule has 29 heavy (non-hydrogen) atoms. The van der Waals surface area contributed by atoms with Gasteiger partial charge in [0.05, 0.1) is 26.9 Å². The zero-order chi connectivity index (χ0) is 20.6. The number of ether oxygens (including phenoxy) is 4. The number of carbonyl (C=O) groups excluding carboxylic acids is 1. The third-order valence-corrected chi connectivity index (χ3v) is 5.33. The molecule has 0 N–H and O–H groups in total. The maximum atomic E-state index is 12.9. The topological polar surface area (TPSA) is 54.0 Å². The molecule has 0 saturated carbocycles. The van der Waals surface area contributed by atoms with E-state index >= 15 is 0 Å². The SMILES string of the molecule is COc1c(OC(F)F)ccc(-c2cccc3c2CCC3=O)c1OCC1(C)COC1. The van der Waals surface area contributed by atoms with Crippen molar-refractivity contribution in [2.75, 3.05) is 26.9 Å². The molecule has 0 atom stereocenters. The van der Waals surface area contributed by atoms with Gasteiger partial charge < -0.3 is 18.9 Å². The second-order valence-electron chi connectivity index (χ2n) is 7.70. The summed E-state index contributed by atoms with van der Waals surface area (Å²) in [6.07, 6.45) is 1.09. The number of benzene rings is 2. The number of halogens is 2. The smallest absolute Gasteiger partial charge is 0.387 e. The largest absolute Gasteiger partial charge is 0.490 e. The second kappa shape index (κ2) is 7.63. The first kappa shape index (κ1) is 19.6. The lowest BCUT2D eigenvalue weighted by atomic mass is 9.90. The Hall–Kier alpha value is -2.67. The van der Waals surface area contributed by atoms with Crippen molar-refractivity contribution in [2.24, 2.45) is 5.41 Å². The molecule has 4 rings (SSSR count). The van der Waals surface area contributed by atoms with Gasteiger partial charge in [-0.2, -0.15) is 8.78 Å². The van der Waals surface area contributed by atoms with Gasteiger partial charge >= 0.3 is 6.61 Å². The van der Waals surface area contributed by atoms with Gasteiger partial charge in [0.15, 0.2) is 17.3 Å². The van der Waals surface area contributed by atoms with Crippen LogP contribution in [-0.4, -0.2) is 39.3 Å². The molecule has 1 fully saturated rings. The summed E-state index contributed by atoms with van der Waals surface area (Å²) in [6, 6.07) is 8.65. The minimum absolute atomic E-state index is 0.0973. The monoisotopic (exact) mass is 404 g/mol. The van der Waals surface area contributed by atoms with Crippen molar-refractivity contribution in [2.45, 2.75) is 26.4 Å². The van der Waals surface area contributed by atoms with Crippen molar-refractivity contribution in [3.8, 4) is 28.4 Å². The molecule has 0 radical (unpaired) electrons. The molecule has 0 amide bonds. The molecular formula is C22H22F2O5. The summed E-state index contributed by atoms with van der Waals surface area (Å²) >= 11 is 0. The van der Waals surface area contributed by atoms with Crippen LogP contribution < -0.4 is 14.2 Å². The van der Waals surface area contributed by atoms with Gasteiger partial charge in [0.1, 0.15) is 0 Å². The molecule has 2 aromatic rings. The van der Waals surface area contributed by atoms with Gasteiger partial charge in [-0.05, 0) is 29.7 Å². The minimum Gasteiger partial charge on any atom is -0.490 e. The maximum Gasteiger partial charge on any atom is 0.387 e. The van der Waals surface area contributed by atoms with E-state index in [9.17, 15) is 13.6 Å². The number of ketones is 1. The predicted octanol–water partition coefficient (Wildman–Crippen LogP) is 4.51. The zero-order valence-electron chi connectivity index (χ0n) is 16.3. The number of Topliss-reactive ketones (excluding diaryl/α,β-unsaturated/α-hetero) is 1. The highest BCUT2D eigenvalue weighted by molar-refractivity contribution is 6.02. The van der Waals surface area contributed by atoms with Crippen molar-refractivity contribution in [3.05, 3.63) is 41.5 Å². The standard InChI is InChI=1S/C22H22F2O5/c1-22(10-27-11-22)12-28-19-16(7-9-18(20(19)26-2)29-21(23)24)13-4-3-5-15-14(13)6-8-17(15)25/h3-5,7,9,21H,6,8,10-12H2,1-2H3. The lowest BCUT2D eigenvalue weighted by Crippen LogP contribution is -2.44. The van der Waals surface area contributed by atoms with Crippen LogP contribution in [0.1, 0.15) is 29.3 Å². The summed E-state index contributed by atoms with van der Waals surface area (Å²) in [6.45, 7) is 0.503. The Morgan fingerprint density at radius 1 is 1.07 bits per heavy atom. The fourth-order valence-corrected chi connectivity index (χ4v) is 3.81. The Labute approximate surface area is 167 Å². The molecule has 1 saturated heterocycles. The van der Waals surface area contributed by atoms with Gasteiger partial charge in [-0.25, -0.2) is 0 Å². The van der Waals surface area contributed by atoms with E-state index in [2.05, 4.69) is 4.74 Å². The van der Waals surface area contributed by atoms with E-state index in [0.717, 1.165) is 11.1 Å². The fourth-order valence-electron chi connectivity index (χ4n) is 3.81. The number of alkyl halides is 2. The van der Waals surface area contributed by atoms with E-state index < -0.39 is 6.61 Å². The van der Waals surface area contributed by atoms with Crippen LogP contribution in [0.25, 0.3) is 11.1 Å². The van der Waals surface area contributed by atoms with E-state index in [1.54, 1.807) is 6.07 Å². The quantitative estimate of drug-likeness (QED) is 0.680. The molecule has 7 heteroatoms. The van der Waals surface area contributed by atoms with Crippen LogP contribution in [0.2, 0.25) is 0 Å². The van der Waals surface area contributed by atoms with Crippen molar-refractivity contribution in [1.29, 1.82) is 0 Å². The molecular weight excluding hydrogens is 382 g/mol. The summed E-state index contributed by atoms with van der Waals surface area (Å²) in [5.74, 6) is 0.438. The van der Waals surface area contributed by atoms with Crippen LogP contribution in [0.5, 0.6) is 17.2 Å². The van der Waals surface area contributed by atoms with E-state index in [1.165, 1.54) is 13.2 Å². The highest BCUT2D eigenvalue weighted by Crippen LogP contribution is 2.47. The first-order valence-electron chi connectivity index (χ1n) is 9.44. The molecule has 2 aromatic carbocycles. The van der Waals surface area contributed by atoms with Crippen molar-refractivity contribution in [1.82, 2.24) is 0 Å². The molecule has 154 valence electrons. The summed E-state index contributed by atoms with van der Waals surface area (Å²) in [5, 5.41) is 0. The molecule has 1 heterocycles. The molecule has 0 bridgehead atoms. The maximum absolute atomic E-state index is 12.9. The van der Waals surface area contributed by atoms with Crippen LogP contribution in [0.15, 0.2) is 30.3 Å². The first-order chi connectivity index (χ1) is 13.9. The Morgan fingerprint density at radius 2 is 1.83 bits per heavy atom. The Balaban J connectivity index is 1.81. The van der Waals surface area contributed by atoms with Crippen LogP contribution in [0.4, 0.5) is 8.78 Å². The second-order valence-corrected chi connectivity index (χ2v) is 7.70. The summed E-state index contributed by atoms with van der Waals surface area (Å²) < 4.78 is 47.2. The van der Waals surface area contributed by atoms with E-state index in [4.69, 9.17) is 14.2 Å². The van der Waals surface area contributed by atoms with Gasteiger partial charge in [0.25, 0.3) is 0 Å². The number of fused-ring (bicyclic) bond motifs is 1. The Morgan fingerprint density at radius 3 is 2.48 bits per heavy atom. The molecule has 0 unspecified atom stereocenters. The van der Waals surface area contributed by atoms with E-state index in [-0.39, 0.29) is 22.7 Å². The molecule has 5 nitrogen and oxygen atoms in total. The van der Waals surface area contributed by atoms with Crippen molar-refractivity contribution in [3.63, 3.8) is 0 Å². The lowest BCUT2D eigenvalue weighted by Gasteiger charge is -2.37. The van der Waals surface area contributed by atoms with Gasteiger partial charge in [0.2, 0.25) is 5.75 Å². The van der Waals surface area contributed by atoms with Gasteiger partial charge in [-0.15, -0.1) is 0 Å².